The first-order valence-electron chi connectivity index (χ1n) is 6.80. The average Bonchev–Trinajstić information content (AvgIpc) is 2.46. The molecule has 0 saturated carbocycles. The number of likely N-dealkylation sites (tertiary alicyclic amines) is 1. The number of nitrogens with zero attached hydrogens (tertiary/aromatic N) is 2. The maximum absolute atomic E-state index is 12.1. The normalized spacial score (nSPS) is 17.2. The molecule has 19 heavy (non-hydrogen) atoms. The van der Waals surface area contributed by atoms with E-state index >= 15 is 0 Å². The molecule has 1 aromatic rings. The number of carbonyl (C=O) groups is 1. The predicted molar refractivity (Wildman–Crippen MR) is 76.3 cm³/mol. The van der Waals surface area contributed by atoms with Gasteiger partial charge in [0.15, 0.2) is 0 Å². The molecular formula is C14H22N4O. The molecule has 1 amide bonds. The van der Waals surface area contributed by atoms with Gasteiger partial charge >= 0.3 is 0 Å². The molecule has 5 nitrogen and oxygen atoms in total. The molecule has 0 spiro atoms. The van der Waals surface area contributed by atoms with E-state index in [1.807, 2.05) is 0 Å². The first-order chi connectivity index (χ1) is 9.20. The van der Waals surface area contributed by atoms with Crippen molar-refractivity contribution in [3.8, 4) is 0 Å². The van der Waals surface area contributed by atoms with Crippen molar-refractivity contribution < 1.29 is 4.79 Å². The molecular weight excluding hydrogens is 240 g/mol. The van der Waals surface area contributed by atoms with Crippen molar-refractivity contribution >= 4 is 11.7 Å². The van der Waals surface area contributed by atoms with Crippen molar-refractivity contribution in [2.45, 2.75) is 12.8 Å². The maximum Gasteiger partial charge on any atom is 0.255 e. The zero-order valence-electron chi connectivity index (χ0n) is 11.6. The average molecular weight is 262 g/mol. The molecule has 2 N–H and O–H groups in total. The SMILES string of the molecule is CNc1ncccc1C(=O)NCC1CCN(C)CC1. The lowest BCUT2D eigenvalue weighted by Crippen LogP contribution is -2.37. The molecule has 0 atom stereocenters. The highest BCUT2D eigenvalue weighted by Crippen LogP contribution is 2.15. The third-order valence-electron chi connectivity index (χ3n) is 3.68. The lowest BCUT2D eigenvalue weighted by molar-refractivity contribution is 0.0939. The van der Waals surface area contributed by atoms with Crippen LogP contribution in [0.2, 0.25) is 0 Å². The Balaban J connectivity index is 1.87. The first kappa shape index (κ1) is 13.8. The summed E-state index contributed by atoms with van der Waals surface area (Å²) in [6, 6.07) is 3.58. The standard InChI is InChI=1S/C14H22N4O/c1-15-13-12(4-3-7-16-13)14(19)17-10-11-5-8-18(2)9-6-11/h3-4,7,11H,5-6,8-10H2,1-2H3,(H,15,16)(H,17,19). The van der Waals surface area contributed by atoms with Gasteiger partial charge in [0, 0.05) is 19.8 Å². The third-order valence-corrected chi connectivity index (χ3v) is 3.68. The fraction of sp³-hybridized carbons (Fsp3) is 0.571. The zero-order valence-corrected chi connectivity index (χ0v) is 11.6. The van der Waals surface area contributed by atoms with Crippen molar-refractivity contribution in [1.29, 1.82) is 0 Å². The minimum atomic E-state index is -0.0450. The van der Waals surface area contributed by atoms with Gasteiger partial charge in [-0.05, 0) is 51.0 Å². The quantitative estimate of drug-likeness (QED) is 0.856. The van der Waals surface area contributed by atoms with E-state index in [0.717, 1.165) is 32.5 Å². The zero-order chi connectivity index (χ0) is 13.7. The second-order valence-corrected chi connectivity index (χ2v) is 5.11. The van der Waals surface area contributed by atoms with Crippen LogP contribution in [0.25, 0.3) is 0 Å². The minimum Gasteiger partial charge on any atom is -0.372 e. The molecule has 2 heterocycles. The van der Waals surface area contributed by atoms with Crippen LogP contribution in [0.15, 0.2) is 18.3 Å². The fourth-order valence-corrected chi connectivity index (χ4v) is 2.39. The molecule has 5 heteroatoms. The molecule has 1 aliphatic heterocycles. The van der Waals surface area contributed by atoms with E-state index < -0.39 is 0 Å². The maximum atomic E-state index is 12.1. The number of amides is 1. The number of aromatic nitrogens is 1. The number of carbonyl (C=O) groups excluding carboxylic acids is 1. The summed E-state index contributed by atoms with van der Waals surface area (Å²) in [5.41, 5.74) is 0.609. The van der Waals surface area contributed by atoms with E-state index in [4.69, 9.17) is 0 Å². The molecule has 0 bridgehead atoms. The molecule has 0 radical (unpaired) electrons. The molecule has 1 fully saturated rings. The number of pyridine rings is 1. The van der Waals surface area contributed by atoms with E-state index in [1.54, 1.807) is 25.4 Å². The smallest absolute Gasteiger partial charge is 0.255 e. The Bertz CT molecular complexity index is 427. The van der Waals surface area contributed by atoms with Crippen molar-refractivity contribution in [3.63, 3.8) is 0 Å². The summed E-state index contributed by atoms with van der Waals surface area (Å²) >= 11 is 0. The third kappa shape index (κ3) is 3.67. The highest BCUT2D eigenvalue weighted by atomic mass is 16.1. The van der Waals surface area contributed by atoms with Gasteiger partial charge in [0.25, 0.3) is 5.91 Å². The summed E-state index contributed by atoms with van der Waals surface area (Å²) in [5.74, 6) is 1.18. The summed E-state index contributed by atoms with van der Waals surface area (Å²) in [6.45, 7) is 3.00. The molecule has 1 aromatic heterocycles. The lowest BCUT2D eigenvalue weighted by atomic mass is 9.97. The van der Waals surface area contributed by atoms with Crippen molar-refractivity contribution in [3.05, 3.63) is 23.9 Å². The molecule has 1 saturated heterocycles. The van der Waals surface area contributed by atoms with Gasteiger partial charge in [0.05, 0.1) is 5.56 Å². The van der Waals surface area contributed by atoms with E-state index in [-0.39, 0.29) is 5.91 Å². The van der Waals surface area contributed by atoms with Gasteiger partial charge in [0.1, 0.15) is 5.82 Å². The summed E-state index contributed by atoms with van der Waals surface area (Å²) in [4.78, 5) is 18.6. The highest BCUT2D eigenvalue weighted by Gasteiger charge is 2.18. The Morgan fingerprint density at radius 3 is 2.89 bits per heavy atom. The number of rotatable bonds is 4. The Hall–Kier alpha value is -1.62. The number of nitrogens with one attached hydrogen (secondary N) is 2. The topological polar surface area (TPSA) is 57.3 Å². The molecule has 1 aliphatic rings. The summed E-state index contributed by atoms with van der Waals surface area (Å²) in [5, 5.41) is 5.96. The van der Waals surface area contributed by atoms with E-state index in [1.165, 1.54) is 0 Å². The summed E-state index contributed by atoms with van der Waals surface area (Å²) in [7, 11) is 3.92. The van der Waals surface area contributed by atoms with Gasteiger partial charge in [-0.15, -0.1) is 0 Å². The van der Waals surface area contributed by atoms with Gasteiger partial charge in [0.2, 0.25) is 0 Å². The molecule has 2 rings (SSSR count). The summed E-state index contributed by atoms with van der Waals surface area (Å²) < 4.78 is 0. The van der Waals surface area contributed by atoms with Crippen LogP contribution < -0.4 is 10.6 Å². The predicted octanol–water partition coefficient (Wildman–Crippen LogP) is 1.19. The van der Waals surface area contributed by atoms with Crippen LogP contribution in [0.5, 0.6) is 0 Å². The fourth-order valence-electron chi connectivity index (χ4n) is 2.39. The Labute approximate surface area is 114 Å². The van der Waals surface area contributed by atoms with Crippen LogP contribution in [0.1, 0.15) is 23.2 Å². The van der Waals surface area contributed by atoms with Crippen LogP contribution in [0.3, 0.4) is 0 Å². The van der Waals surface area contributed by atoms with Gasteiger partial charge < -0.3 is 15.5 Å². The van der Waals surface area contributed by atoms with Crippen molar-refractivity contribution in [1.82, 2.24) is 15.2 Å². The van der Waals surface area contributed by atoms with Crippen LogP contribution in [0, 0.1) is 5.92 Å². The first-order valence-corrected chi connectivity index (χ1v) is 6.80. The van der Waals surface area contributed by atoms with E-state index in [0.29, 0.717) is 17.3 Å². The van der Waals surface area contributed by atoms with E-state index in [9.17, 15) is 4.79 Å². The Kier molecular flexibility index (Phi) is 4.74. The van der Waals surface area contributed by atoms with Crippen LogP contribution in [-0.2, 0) is 0 Å². The number of anilines is 1. The second-order valence-electron chi connectivity index (χ2n) is 5.11. The molecule has 0 unspecified atom stereocenters. The second kappa shape index (κ2) is 6.52. The van der Waals surface area contributed by atoms with Crippen LogP contribution in [0.4, 0.5) is 5.82 Å². The number of piperidine rings is 1. The van der Waals surface area contributed by atoms with Gasteiger partial charge in [-0.1, -0.05) is 0 Å². The molecule has 0 aromatic carbocycles. The lowest BCUT2D eigenvalue weighted by Gasteiger charge is -2.28. The van der Waals surface area contributed by atoms with Crippen molar-refractivity contribution in [2.24, 2.45) is 5.92 Å². The number of hydrogen-bond donors (Lipinski definition) is 2. The largest absolute Gasteiger partial charge is 0.372 e. The molecule has 104 valence electrons. The van der Waals surface area contributed by atoms with Gasteiger partial charge in [-0.25, -0.2) is 4.98 Å². The Morgan fingerprint density at radius 1 is 1.47 bits per heavy atom. The van der Waals surface area contributed by atoms with Crippen molar-refractivity contribution in [2.75, 3.05) is 39.0 Å². The van der Waals surface area contributed by atoms with Crippen LogP contribution in [-0.4, -0.2) is 49.5 Å². The summed E-state index contributed by atoms with van der Waals surface area (Å²) in [6.07, 6.45) is 3.99. The van der Waals surface area contributed by atoms with Crippen LogP contribution >= 0.6 is 0 Å². The minimum absolute atomic E-state index is 0.0450. The Morgan fingerprint density at radius 2 is 2.21 bits per heavy atom. The monoisotopic (exact) mass is 262 g/mol. The van der Waals surface area contributed by atoms with Gasteiger partial charge in [-0.2, -0.15) is 0 Å². The molecule has 0 aliphatic carbocycles. The number of hydrogen-bond acceptors (Lipinski definition) is 4. The van der Waals surface area contributed by atoms with E-state index in [2.05, 4.69) is 27.6 Å². The highest BCUT2D eigenvalue weighted by molar-refractivity contribution is 5.98. The van der Waals surface area contributed by atoms with Gasteiger partial charge in [-0.3, -0.25) is 4.79 Å².